The van der Waals surface area contributed by atoms with Gasteiger partial charge in [0.1, 0.15) is 0 Å². The lowest BCUT2D eigenvalue weighted by Crippen LogP contribution is -2.28. The number of carbonyl (C=O) groups excluding carboxylic acids is 2. The van der Waals surface area contributed by atoms with Gasteiger partial charge >= 0.3 is 5.97 Å². The highest BCUT2D eigenvalue weighted by Crippen LogP contribution is 2.13. The van der Waals surface area contributed by atoms with Crippen LogP contribution in [-0.4, -0.2) is 24.5 Å². The number of benzene rings is 1. The van der Waals surface area contributed by atoms with Crippen LogP contribution in [0.15, 0.2) is 18.2 Å². The van der Waals surface area contributed by atoms with Gasteiger partial charge in [-0.05, 0) is 32.4 Å². The largest absolute Gasteiger partial charge is 0.463 e. The number of hydrogen-bond acceptors (Lipinski definition) is 3. The summed E-state index contributed by atoms with van der Waals surface area (Å²) in [5.74, 6) is -1.95. The molecular weight excluding hydrogens is 235 g/mol. The SMILES string of the molecule is CCCOC(=O)C(F)C(=O)c1cc(C)cc(C)c1. The third-order valence-corrected chi connectivity index (χ3v) is 2.39. The standard InChI is InChI=1S/C14H17FO3/c1-4-5-18-14(17)12(15)13(16)11-7-9(2)6-10(3)8-11/h6-8,12H,4-5H2,1-3H3. The van der Waals surface area contributed by atoms with Crippen LogP contribution >= 0.6 is 0 Å². The number of carbonyl (C=O) groups is 2. The number of halogens is 1. The van der Waals surface area contributed by atoms with E-state index in [0.717, 1.165) is 11.1 Å². The molecule has 0 spiro atoms. The lowest BCUT2D eigenvalue weighted by atomic mass is 10.0. The fourth-order valence-electron chi connectivity index (χ4n) is 1.65. The van der Waals surface area contributed by atoms with Crippen molar-refractivity contribution in [3.05, 3.63) is 34.9 Å². The van der Waals surface area contributed by atoms with Crippen LogP contribution in [0, 0.1) is 13.8 Å². The summed E-state index contributed by atoms with van der Waals surface area (Å²) in [7, 11) is 0. The predicted molar refractivity (Wildman–Crippen MR) is 66.4 cm³/mol. The van der Waals surface area contributed by atoms with E-state index in [9.17, 15) is 14.0 Å². The quantitative estimate of drug-likeness (QED) is 0.460. The smallest absolute Gasteiger partial charge is 0.349 e. The summed E-state index contributed by atoms with van der Waals surface area (Å²) in [4.78, 5) is 23.0. The van der Waals surface area contributed by atoms with Crippen LogP contribution in [0.3, 0.4) is 0 Å². The second-order valence-electron chi connectivity index (χ2n) is 4.27. The van der Waals surface area contributed by atoms with Gasteiger partial charge in [-0.15, -0.1) is 0 Å². The number of rotatable bonds is 5. The molecule has 0 aromatic heterocycles. The summed E-state index contributed by atoms with van der Waals surface area (Å²) in [6.07, 6.45) is -1.64. The summed E-state index contributed by atoms with van der Waals surface area (Å²) in [6.45, 7) is 5.55. The molecule has 0 aliphatic rings. The molecule has 1 aromatic carbocycles. The van der Waals surface area contributed by atoms with E-state index in [4.69, 9.17) is 0 Å². The predicted octanol–water partition coefficient (Wildman–Crippen LogP) is 2.78. The lowest BCUT2D eigenvalue weighted by Gasteiger charge is -2.08. The third-order valence-electron chi connectivity index (χ3n) is 2.39. The Morgan fingerprint density at radius 2 is 1.78 bits per heavy atom. The highest BCUT2D eigenvalue weighted by molar-refractivity contribution is 6.11. The number of Topliss-reactive ketones (excluding diaryl/α,β-unsaturated/α-hetero) is 1. The summed E-state index contributed by atoms with van der Waals surface area (Å²) in [5.41, 5.74) is 1.91. The van der Waals surface area contributed by atoms with Crippen molar-refractivity contribution >= 4 is 11.8 Å². The van der Waals surface area contributed by atoms with Crippen molar-refractivity contribution < 1.29 is 18.7 Å². The molecule has 98 valence electrons. The fraction of sp³-hybridized carbons (Fsp3) is 0.429. The molecule has 3 nitrogen and oxygen atoms in total. The zero-order valence-electron chi connectivity index (χ0n) is 10.8. The molecule has 0 heterocycles. The second-order valence-corrected chi connectivity index (χ2v) is 4.27. The minimum absolute atomic E-state index is 0.124. The highest BCUT2D eigenvalue weighted by Gasteiger charge is 2.28. The maximum absolute atomic E-state index is 13.6. The van der Waals surface area contributed by atoms with Crippen molar-refractivity contribution in [3.63, 3.8) is 0 Å². The van der Waals surface area contributed by atoms with Gasteiger partial charge in [0.05, 0.1) is 6.61 Å². The number of aryl methyl sites for hydroxylation is 2. The topological polar surface area (TPSA) is 43.4 Å². The van der Waals surface area contributed by atoms with E-state index in [2.05, 4.69) is 4.74 Å². The van der Waals surface area contributed by atoms with Crippen molar-refractivity contribution in [1.82, 2.24) is 0 Å². The lowest BCUT2D eigenvalue weighted by molar-refractivity contribution is -0.147. The molecule has 0 saturated carbocycles. The average molecular weight is 252 g/mol. The van der Waals surface area contributed by atoms with Gasteiger partial charge in [-0.3, -0.25) is 4.79 Å². The van der Waals surface area contributed by atoms with E-state index in [1.165, 1.54) is 0 Å². The van der Waals surface area contributed by atoms with Crippen LogP contribution in [0.2, 0.25) is 0 Å². The normalized spacial score (nSPS) is 12.0. The average Bonchev–Trinajstić information content (AvgIpc) is 2.32. The summed E-state index contributed by atoms with van der Waals surface area (Å²) < 4.78 is 18.3. The van der Waals surface area contributed by atoms with Gasteiger partial charge in [0.25, 0.3) is 6.17 Å². The first kappa shape index (κ1) is 14.4. The van der Waals surface area contributed by atoms with E-state index >= 15 is 0 Å². The zero-order chi connectivity index (χ0) is 13.7. The number of ether oxygens (including phenoxy) is 1. The van der Waals surface area contributed by atoms with Gasteiger partial charge in [-0.1, -0.05) is 24.1 Å². The first-order chi connectivity index (χ1) is 8.45. The number of esters is 1. The summed E-state index contributed by atoms with van der Waals surface area (Å²) in [6, 6.07) is 5.00. The Labute approximate surface area is 106 Å². The number of hydrogen-bond donors (Lipinski definition) is 0. The monoisotopic (exact) mass is 252 g/mol. The van der Waals surface area contributed by atoms with Crippen LogP contribution in [0.1, 0.15) is 34.8 Å². The zero-order valence-corrected chi connectivity index (χ0v) is 10.8. The van der Waals surface area contributed by atoms with Crippen molar-refractivity contribution in [2.24, 2.45) is 0 Å². The van der Waals surface area contributed by atoms with Gasteiger partial charge in [0.2, 0.25) is 5.78 Å². The molecule has 0 bridgehead atoms. The molecule has 18 heavy (non-hydrogen) atoms. The van der Waals surface area contributed by atoms with Gasteiger partial charge < -0.3 is 4.74 Å². The van der Waals surface area contributed by atoms with E-state index in [1.54, 1.807) is 19.1 Å². The van der Waals surface area contributed by atoms with Crippen LogP contribution in [-0.2, 0) is 9.53 Å². The molecule has 0 fully saturated rings. The molecule has 4 heteroatoms. The Bertz CT molecular complexity index is 434. The Morgan fingerprint density at radius 3 is 2.28 bits per heavy atom. The molecule has 1 unspecified atom stereocenters. The van der Waals surface area contributed by atoms with Gasteiger partial charge in [-0.25, -0.2) is 9.18 Å². The Balaban J connectivity index is 2.82. The molecule has 0 aliphatic heterocycles. The van der Waals surface area contributed by atoms with E-state index in [-0.39, 0.29) is 12.2 Å². The minimum atomic E-state index is -2.24. The first-order valence-corrected chi connectivity index (χ1v) is 5.89. The molecule has 0 amide bonds. The molecule has 1 aromatic rings. The van der Waals surface area contributed by atoms with Crippen molar-refractivity contribution in [2.45, 2.75) is 33.4 Å². The summed E-state index contributed by atoms with van der Waals surface area (Å²) >= 11 is 0. The van der Waals surface area contributed by atoms with Crippen molar-refractivity contribution in [3.8, 4) is 0 Å². The van der Waals surface area contributed by atoms with Crippen LogP contribution in [0.25, 0.3) is 0 Å². The molecular formula is C14H17FO3. The number of alkyl halides is 1. The molecule has 0 N–H and O–H groups in total. The third kappa shape index (κ3) is 3.65. The summed E-state index contributed by atoms with van der Waals surface area (Å²) in [5, 5.41) is 0. The maximum Gasteiger partial charge on any atom is 0.349 e. The molecule has 0 aliphatic carbocycles. The Morgan fingerprint density at radius 1 is 1.22 bits per heavy atom. The molecule has 1 atom stereocenters. The van der Waals surface area contributed by atoms with E-state index in [0.29, 0.717) is 6.42 Å². The van der Waals surface area contributed by atoms with Crippen LogP contribution in [0.5, 0.6) is 0 Å². The van der Waals surface area contributed by atoms with Crippen molar-refractivity contribution in [1.29, 1.82) is 0 Å². The van der Waals surface area contributed by atoms with Crippen LogP contribution in [0.4, 0.5) is 4.39 Å². The highest BCUT2D eigenvalue weighted by atomic mass is 19.1. The Hall–Kier alpha value is -1.71. The van der Waals surface area contributed by atoms with Gasteiger partial charge in [0.15, 0.2) is 0 Å². The molecule has 0 radical (unpaired) electrons. The van der Waals surface area contributed by atoms with Gasteiger partial charge in [0, 0.05) is 5.56 Å². The number of ketones is 1. The van der Waals surface area contributed by atoms with Gasteiger partial charge in [-0.2, -0.15) is 0 Å². The second kappa shape index (κ2) is 6.28. The van der Waals surface area contributed by atoms with E-state index in [1.807, 2.05) is 19.9 Å². The minimum Gasteiger partial charge on any atom is -0.463 e. The Kier molecular flexibility index (Phi) is 5.01. The van der Waals surface area contributed by atoms with Crippen LogP contribution < -0.4 is 0 Å². The van der Waals surface area contributed by atoms with Crippen molar-refractivity contribution in [2.75, 3.05) is 6.61 Å². The molecule has 1 rings (SSSR count). The van der Waals surface area contributed by atoms with E-state index < -0.39 is 17.9 Å². The fourth-order valence-corrected chi connectivity index (χ4v) is 1.65. The first-order valence-electron chi connectivity index (χ1n) is 5.89. The maximum atomic E-state index is 13.6. The molecule has 0 saturated heterocycles.